The van der Waals surface area contributed by atoms with Crippen molar-refractivity contribution in [2.75, 3.05) is 11.4 Å². The highest BCUT2D eigenvalue weighted by molar-refractivity contribution is 6.12. The molecule has 0 unspecified atom stereocenters. The maximum Gasteiger partial charge on any atom is 0.321 e. The van der Waals surface area contributed by atoms with Crippen molar-refractivity contribution in [3.8, 4) is 0 Å². The summed E-state index contributed by atoms with van der Waals surface area (Å²) in [7, 11) is 0. The van der Waals surface area contributed by atoms with E-state index in [-0.39, 0.29) is 11.9 Å². The fourth-order valence-corrected chi connectivity index (χ4v) is 4.82. The zero-order valence-corrected chi connectivity index (χ0v) is 17.6. The van der Waals surface area contributed by atoms with E-state index in [4.69, 9.17) is 0 Å². The second kappa shape index (κ2) is 7.76. The molecular weight excluding hydrogens is 378 g/mol. The fourth-order valence-electron chi connectivity index (χ4n) is 4.82. The van der Waals surface area contributed by atoms with E-state index in [0.717, 1.165) is 31.4 Å². The van der Waals surface area contributed by atoms with E-state index in [1.807, 2.05) is 68.4 Å². The lowest BCUT2D eigenvalue weighted by Crippen LogP contribution is -2.69. The fraction of sp³-hybridized carbons (Fsp3) is 0.417. The highest BCUT2D eigenvalue weighted by Crippen LogP contribution is 2.53. The molecule has 4 rings (SSSR count). The number of anilines is 2. The summed E-state index contributed by atoms with van der Waals surface area (Å²) in [4.78, 5) is 30.6. The monoisotopic (exact) mass is 407 g/mol. The zero-order valence-electron chi connectivity index (χ0n) is 17.6. The average Bonchev–Trinajstić information content (AvgIpc) is 2.99. The number of unbranched alkanes of at least 4 members (excludes halogenated alkanes) is 2. The van der Waals surface area contributed by atoms with E-state index in [1.165, 1.54) is 0 Å². The van der Waals surface area contributed by atoms with Crippen LogP contribution in [0.3, 0.4) is 0 Å². The van der Waals surface area contributed by atoms with Crippen molar-refractivity contribution >= 4 is 23.3 Å². The van der Waals surface area contributed by atoms with Gasteiger partial charge in [-0.1, -0.05) is 69.5 Å². The molecule has 0 saturated carbocycles. The van der Waals surface area contributed by atoms with Gasteiger partial charge in [-0.3, -0.25) is 9.69 Å². The van der Waals surface area contributed by atoms with E-state index in [0.29, 0.717) is 24.2 Å². The lowest BCUT2D eigenvalue weighted by Gasteiger charge is -2.50. The lowest BCUT2D eigenvalue weighted by molar-refractivity contribution is -0.149. The molecule has 158 valence electrons. The van der Waals surface area contributed by atoms with Gasteiger partial charge in [-0.25, -0.2) is 4.79 Å². The molecule has 0 aliphatic carbocycles. The Morgan fingerprint density at radius 3 is 2.30 bits per heavy atom. The van der Waals surface area contributed by atoms with E-state index in [9.17, 15) is 14.7 Å². The first kappa shape index (κ1) is 20.4. The molecule has 6 heteroatoms. The van der Waals surface area contributed by atoms with Gasteiger partial charge in [0.1, 0.15) is 0 Å². The number of rotatable bonds is 7. The maximum atomic E-state index is 14.3. The minimum atomic E-state index is -1.77. The molecule has 30 heavy (non-hydrogen) atoms. The topological polar surface area (TPSA) is 72.9 Å². The number of fused-ring (bicyclic) bond motifs is 3. The highest BCUT2D eigenvalue weighted by Gasteiger charge is 2.71. The molecule has 6 nitrogen and oxygen atoms in total. The van der Waals surface area contributed by atoms with Crippen LogP contribution in [0, 0.1) is 0 Å². The van der Waals surface area contributed by atoms with Crippen molar-refractivity contribution < 1.29 is 14.7 Å². The molecule has 2 atom stereocenters. The Morgan fingerprint density at radius 2 is 1.60 bits per heavy atom. The van der Waals surface area contributed by atoms with Crippen molar-refractivity contribution in [3.63, 3.8) is 0 Å². The molecule has 2 aliphatic heterocycles. The number of hydrogen-bond donors (Lipinski definition) is 2. The normalized spacial score (nSPS) is 25.2. The SMILES string of the molecule is CCCCN1C(=O)N[C@@]2(O)c3ccccc3N(c3ccccc3)C(=O)[C@@]12CCCC. The van der Waals surface area contributed by atoms with Gasteiger partial charge in [0.25, 0.3) is 5.91 Å². The first-order chi connectivity index (χ1) is 14.5. The van der Waals surface area contributed by atoms with Crippen molar-refractivity contribution in [1.82, 2.24) is 10.2 Å². The van der Waals surface area contributed by atoms with Crippen LogP contribution in [0.2, 0.25) is 0 Å². The quantitative estimate of drug-likeness (QED) is 0.720. The smallest absolute Gasteiger partial charge is 0.321 e. The van der Waals surface area contributed by atoms with Crippen LogP contribution in [0.15, 0.2) is 54.6 Å². The Kier molecular flexibility index (Phi) is 5.28. The predicted molar refractivity (Wildman–Crippen MR) is 116 cm³/mol. The van der Waals surface area contributed by atoms with E-state index in [2.05, 4.69) is 5.32 Å². The first-order valence-corrected chi connectivity index (χ1v) is 10.8. The third kappa shape index (κ3) is 2.74. The van der Waals surface area contributed by atoms with E-state index in [1.54, 1.807) is 9.80 Å². The van der Waals surface area contributed by atoms with Gasteiger partial charge in [0.15, 0.2) is 5.54 Å². The highest BCUT2D eigenvalue weighted by atomic mass is 16.3. The van der Waals surface area contributed by atoms with Gasteiger partial charge in [-0.15, -0.1) is 0 Å². The number of para-hydroxylation sites is 2. The van der Waals surface area contributed by atoms with Crippen LogP contribution in [-0.2, 0) is 10.5 Å². The Bertz CT molecular complexity index is 948. The number of benzene rings is 2. The number of urea groups is 1. The van der Waals surface area contributed by atoms with Crippen LogP contribution in [0.1, 0.15) is 51.5 Å². The molecule has 2 heterocycles. The number of carbonyl (C=O) groups excluding carboxylic acids is 2. The largest absolute Gasteiger partial charge is 0.364 e. The number of amides is 3. The van der Waals surface area contributed by atoms with E-state index < -0.39 is 11.3 Å². The second-order valence-electron chi connectivity index (χ2n) is 8.10. The van der Waals surface area contributed by atoms with Crippen molar-refractivity contribution in [1.29, 1.82) is 0 Å². The Balaban J connectivity index is 1.98. The first-order valence-electron chi connectivity index (χ1n) is 10.8. The van der Waals surface area contributed by atoms with Crippen LogP contribution in [0.4, 0.5) is 16.2 Å². The molecule has 0 bridgehead atoms. The number of aliphatic hydroxyl groups is 1. The van der Waals surface area contributed by atoms with Gasteiger partial charge >= 0.3 is 6.03 Å². The minimum Gasteiger partial charge on any atom is -0.364 e. The summed E-state index contributed by atoms with van der Waals surface area (Å²) >= 11 is 0. The second-order valence-corrected chi connectivity index (χ2v) is 8.10. The van der Waals surface area contributed by atoms with E-state index >= 15 is 0 Å². The summed E-state index contributed by atoms with van der Waals surface area (Å²) in [5.74, 6) is -0.266. The van der Waals surface area contributed by atoms with Crippen LogP contribution in [-0.4, -0.2) is 34.0 Å². The molecular formula is C24H29N3O3. The Hall–Kier alpha value is -2.86. The van der Waals surface area contributed by atoms with Crippen molar-refractivity contribution in [2.24, 2.45) is 0 Å². The number of nitrogens with one attached hydrogen (secondary N) is 1. The molecule has 1 saturated heterocycles. The van der Waals surface area contributed by atoms with Crippen LogP contribution in [0.25, 0.3) is 0 Å². The summed E-state index contributed by atoms with van der Waals surface area (Å²) in [5, 5.41) is 14.8. The Morgan fingerprint density at radius 1 is 0.933 bits per heavy atom. The molecule has 0 aromatic heterocycles. The van der Waals surface area contributed by atoms with Gasteiger partial charge in [-0.05, 0) is 31.0 Å². The third-order valence-corrected chi connectivity index (χ3v) is 6.33. The molecule has 1 fully saturated rings. The average molecular weight is 408 g/mol. The van der Waals surface area contributed by atoms with Crippen LogP contribution < -0.4 is 10.2 Å². The van der Waals surface area contributed by atoms with Gasteiger partial charge in [0.05, 0.1) is 5.69 Å². The molecule has 2 N–H and O–H groups in total. The van der Waals surface area contributed by atoms with Crippen LogP contribution >= 0.6 is 0 Å². The lowest BCUT2D eigenvalue weighted by atomic mass is 9.73. The van der Waals surface area contributed by atoms with Crippen molar-refractivity contribution in [2.45, 2.75) is 57.2 Å². The third-order valence-electron chi connectivity index (χ3n) is 6.33. The summed E-state index contributed by atoms with van der Waals surface area (Å²) in [6, 6.07) is 16.4. The van der Waals surface area contributed by atoms with Gasteiger partial charge in [0, 0.05) is 17.8 Å². The minimum absolute atomic E-state index is 0.266. The van der Waals surface area contributed by atoms with Crippen LogP contribution in [0.5, 0.6) is 0 Å². The van der Waals surface area contributed by atoms with Gasteiger partial charge in [-0.2, -0.15) is 0 Å². The molecule has 3 amide bonds. The van der Waals surface area contributed by atoms with Gasteiger partial charge < -0.3 is 15.3 Å². The summed E-state index contributed by atoms with van der Waals surface area (Å²) in [5.41, 5.74) is -1.29. The number of nitrogens with zero attached hydrogens (tertiary/aromatic N) is 2. The molecule has 2 aromatic rings. The zero-order chi connectivity index (χ0) is 21.4. The van der Waals surface area contributed by atoms with Crippen molar-refractivity contribution in [3.05, 3.63) is 60.2 Å². The standard InChI is InChI=1S/C24H29N3O3/c1-3-5-16-23-21(28)27(18-12-8-7-9-13-18)20-15-11-10-14-19(20)24(23,30)25-22(29)26(23)17-6-4-2/h7-15,30H,3-6,16-17H2,1-2H3,(H,25,29)/t23-,24-/m1/s1. The number of hydrogen-bond acceptors (Lipinski definition) is 3. The molecule has 0 radical (unpaired) electrons. The molecule has 0 spiro atoms. The maximum absolute atomic E-state index is 14.3. The summed E-state index contributed by atoms with van der Waals surface area (Å²) in [6.07, 6.45) is 3.61. The number of carbonyl (C=O) groups is 2. The summed E-state index contributed by atoms with van der Waals surface area (Å²) < 4.78 is 0. The molecule has 2 aliphatic rings. The Labute approximate surface area is 177 Å². The predicted octanol–water partition coefficient (Wildman–Crippen LogP) is 4.26. The summed E-state index contributed by atoms with van der Waals surface area (Å²) in [6.45, 7) is 4.52. The van der Waals surface area contributed by atoms with Gasteiger partial charge in [0.2, 0.25) is 5.72 Å². The molecule has 2 aromatic carbocycles.